The molecule has 26 heavy (non-hydrogen) atoms. The molecule has 2 heterocycles. The summed E-state index contributed by atoms with van der Waals surface area (Å²) in [4.78, 5) is 13.1. The molecule has 0 aliphatic carbocycles. The van der Waals surface area contributed by atoms with E-state index >= 15 is 0 Å². The molecule has 6 nitrogen and oxygen atoms in total. The van der Waals surface area contributed by atoms with Gasteiger partial charge in [0, 0.05) is 11.3 Å². The molecule has 1 fully saturated rings. The zero-order valence-corrected chi connectivity index (χ0v) is 15.2. The van der Waals surface area contributed by atoms with Gasteiger partial charge in [-0.15, -0.1) is 0 Å². The molecule has 2 aromatic carbocycles. The predicted molar refractivity (Wildman–Crippen MR) is 102 cm³/mol. The van der Waals surface area contributed by atoms with Gasteiger partial charge in [0.1, 0.15) is 17.4 Å². The van der Waals surface area contributed by atoms with Crippen molar-refractivity contribution in [1.82, 2.24) is 10.6 Å². The van der Waals surface area contributed by atoms with Gasteiger partial charge in [-0.1, -0.05) is 18.2 Å². The zero-order valence-electron chi connectivity index (χ0n) is 14.4. The Bertz CT molecular complexity index is 874. The molecule has 3 N–H and O–H groups in total. The van der Waals surface area contributed by atoms with E-state index in [0.29, 0.717) is 16.6 Å². The van der Waals surface area contributed by atoms with Crippen molar-refractivity contribution in [3.8, 4) is 11.5 Å². The largest absolute Gasteiger partial charge is 0.497 e. The van der Waals surface area contributed by atoms with Crippen molar-refractivity contribution < 1.29 is 14.3 Å². The van der Waals surface area contributed by atoms with Crippen LogP contribution in [0.2, 0.25) is 0 Å². The second-order valence-electron chi connectivity index (χ2n) is 6.52. The molecule has 0 unspecified atom stereocenters. The van der Waals surface area contributed by atoms with Crippen molar-refractivity contribution in [3.63, 3.8) is 0 Å². The quantitative estimate of drug-likeness (QED) is 0.723. The van der Waals surface area contributed by atoms with Crippen LogP contribution in [0.4, 0.5) is 5.69 Å². The Balaban J connectivity index is 1.74. The summed E-state index contributed by atoms with van der Waals surface area (Å²) in [5, 5.41) is 9.76. The number of para-hydroxylation sites is 1. The maximum absolute atomic E-state index is 13.1. The molecular formula is C19H19N3O3S. The molecule has 0 saturated carbocycles. The third-order valence-electron chi connectivity index (χ3n) is 4.77. The van der Waals surface area contributed by atoms with Crippen molar-refractivity contribution in [2.45, 2.75) is 18.7 Å². The van der Waals surface area contributed by atoms with Crippen LogP contribution in [0.5, 0.6) is 11.5 Å². The normalized spacial score (nSPS) is 25.8. The number of rotatable bonds is 3. The number of carbonyl (C=O) groups is 1. The van der Waals surface area contributed by atoms with E-state index in [2.05, 4.69) is 16.0 Å². The number of nitrogens with one attached hydrogen (secondary N) is 3. The number of carbonyl (C=O) groups excluding carboxylic acids is 1. The lowest BCUT2D eigenvalue weighted by atomic mass is 9.80. The Morgan fingerprint density at radius 1 is 1.27 bits per heavy atom. The predicted octanol–water partition coefficient (Wildman–Crippen LogP) is 2.58. The Hall–Kier alpha value is -2.80. The van der Waals surface area contributed by atoms with Gasteiger partial charge in [0.15, 0.2) is 10.8 Å². The minimum atomic E-state index is -0.951. The van der Waals surface area contributed by atoms with Gasteiger partial charge in [-0.05, 0) is 49.5 Å². The number of anilines is 1. The van der Waals surface area contributed by atoms with Crippen molar-refractivity contribution in [1.29, 1.82) is 0 Å². The van der Waals surface area contributed by atoms with Crippen LogP contribution in [-0.4, -0.2) is 23.9 Å². The van der Waals surface area contributed by atoms with Gasteiger partial charge in [0.05, 0.1) is 13.2 Å². The number of methoxy groups -OCH3 is 1. The lowest BCUT2D eigenvalue weighted by molar-refractivity contribution is -0.132. The van der Waals surface area contributed by atoms with E-state index < -0.39 is 11.6 Å². The van der Waals surface area contributed by atoms with Gasteiger partial charge in [-0.3, -0.25) is 4.79 Å². The summed E-state index contributed by atoms with van der Waals surface area (Å²) < 4.78 is 11.5. The maximum atomic E-state index is 13.1. The first-order valence-electron chi connectivity index (χ1n) is 8.32. The summed E-state index contributed by atoms with van der Waals surface area (Å²) in [6, 6.07) is 14.6. The topological polar surface area (TPSA) is 71.6 Å². The summed E-state index contributed by atoms with van der Waals surface area (Å²) in [6.45, 7) is 1.84. The van der Waals surface area contributed by atoms with Crippen LogP contribution in [0.25, 0.3) is 0 Å². The highest BCUT2D eigenvalue weighted by molar-refractivity contribution is 7.80. The highest BCUT2D eigenvalue weighted by atomic mass is 32.1. The van der Waals surface area contributed by atoms with Gasteiger partial charge in [-0.2, -0.15) is 0 Å². The monoisotopic (exact) mass is 369 g/mol. The third-order valence-corrected chi connectivity index (χ3v) is 4.99. The Morgan fingerprint density at radius 2 is 2.04 bits per heavy atom. The first-order chi connectivity index (χ1) is 12.5. The number of ether oxygens (including phenoxy) is 2. The van der Waals surface area contributed by atoms with Crippen molar-refractivity contribution >= 4 is 28.9 Å². The van der Waals surface area contributed by atoms with E-state index in [4.69, 9.17) is 21.7 Å². The SMILES string of the molecule is COc1ccc2c(c1)[C@@H]1NC(=S)N[C@@](C)(O2)[C@@H]1C(=O)Nc1ccccc1. The molecule has 134 valence electrons. The van der Waals surface area contributed by atoms with Gasteiger partial charge in [-0.25, -0.2) is 0 Å². The number of hydrogen-bond donors (Lipinski definition) is 3. The van der Waals surface area contributed by atoms with Crippen LogP contribution >= 0.6 is 12.2 Å². The first-order valence-corrected chi connectivity index (χ1v) is 8.72. The van der Waals surface area contributed by atoms with Crippen LogP contribution in [0.15, 0.2) is 48.5 Å². The fourth-order valence-corrected chi connectivity index (χ4v) is 3.92. The van der Waals surface area contributed by atoms with E-state index in [1.165, 1.54) is 0 Å². The molecule has 4 rings (SSSR count). The second-order valence-corrected chi connectivity index (χ2v) is 6.93. The van der Waals surface area contributed by atoms with E-state index in [9.17, 15) is 4.79 Å². The molecule has 1 amide bonds. The zero-order chi connectivity index (χ0) is 18.3. The highest BCUT2D eigenvalue weighted by Crippen LogP contribution is 2.46. The minimum absolute atomic E-state index is 0.153. The molecule has 2 aliphatic rings. The first kappa shape index (κ1) is 16.7. The molecule has 2 aromatic rings. The van der Waals surface area contributed by atoms with E-state index in [0.717, 1.165) is 11.3 Å². The molecule has 0 radical (unpaired) electrons. The number of hydrogen-bond acceptors (Lipinski definition) is 4. The van der Waals surface area contributed by atoms with E-state index in [-0.39, 0.29) is 11.9 Å². The van der Waals surface area contributed by atoms with Gasteiger partial charge in [0.25, 0.3) is 0 Å². The molecule has 1 saturated heterocycles. The Morgan fingerprint density at radius 3 is 2.77 bits per heavy atom. The molecule has 2 aliphatic heterocycles. The van der Waals surface area contributed by atoms with Crippen LogP contribution < -0.4 is 25.4 Å². The molecule has 3 atom stereocenters. The maximum Gasteiger partial charge on any atom is 0.236 e. The molecule has 0 aromatic heterocycles. The van der Waals surface area contributed by atoms with Crippen molar-refractivity contribution in [2.75, 3.05) is 12.4 Å². The van der Waals surface area contributed by atoms with Crippen LogP contribution in [-0.2, 0) is 4.79 Å². The molecule has 2 bridgehead atoms. The minimum Gasteiger partial charge on any atom is -0.497 e. The van der Waals surface area contributed by atoms with E-state index in [1.807, 2.05) is 55.5 Å². The number of benzene rings is 2. The average Bonchev–Trinajstić information content (AvgIpc) is 2.61. The van der Waals surface area contributed by atoms with E-state index in [1.54, 1.807) is 7.11 Å². The fraction of sp³-hybridized carbons (Fsp3) is 0.263. The number of amides is 1. The fourth-order valence-electron chi connectivity index (χ4n) is 3.59. The summed E-state index contributed by atoms with van der Waals surface area (Å²) in [5.74, 6) is 0.711. The molecule has 0 spiro atoms. The van der Waals surface area contributed by atoms with Crippen LogP contribution in [0.1, 0.15) is 18.5 Å². The van der Waals surface area contributed by atoms with Gasteiger partial charge >= 0.3 is 0 Å². The summed E-state index contributed by atoms with van der Waals surface area (Å²) in [5.41, 5.74) is 0.630. The summed E-state index contributed by atoms with van der Waals surface area (Å²) in [6.07, 6.45) is 0. The smallest absolute Gasteiger partial charge is 0.236 e. The van der Waals surface area contributed by atoms with Crippen LogP contribution in [0, 0.1) is 5.92 Å². The summed E-state index contributed by atoms with van der Waals surface area (Å²) >= 11 is 5.33. The molecular weight excluding hydrogens is 350 g/mol. The van der Waals surface area contributed by atoms with Crippen molar-refractivity contribution in [3.05, 3.63) is 54.1 Å². The Kier molecular flexibility index (Phi) is 3.96. The van der Waals surface area contributed by atoms with Gasteiger partial charge < -0.3 is 25.4 Å². The second kappa shape index (κ2) is 6.17. The summed E-state index contributed by atoms with van der Waals surface area (Å²) in [7, 11) is 1.61. The number of thiocarbonyl (C=S) groups is 1. The lowest BCUT2D eigenvalue weighted by Gasteiger charge is -2.50. The third kappa shape index (κ3) is 2.74. The Labute approximate surface area is 156 Å². The average molecular weight is 369 g/mol. The van der Waals surface area contributed by atoms with Crippen molar-refractivity contribution in [2.24, 2.45) is 5.92 Å². The van der Waals surface area contributed by atoms with Crippen LogP contribution in [0.3, 0.4) is 0 Å². The lowest BCUT2D eigenvalue weighted by Crippen LogP contribution is -2.70. The standard InChI is InChI=1S/C19H19N3O3S/c1-19-15(17(23)20-11-6-4-3-5-7-11)16(21-18(26)22-19)13-10-12(24-2)8-9-14(13)25-19/h3-10,15-16H,1-2H3,(H,20,23)(H2,21,22,26)/t15-,16-,19-/m0/s1. The highest BCUT2D eigenvalue weighted by Gasteiger charge is 2.54. The number of fused-ring (bicyclic) bond motifs is 4. The molecule has 7 heteroatoms. The van der Waals surface area contributed by atoms with Gasteiger partial charge in [0.2, 0.25) is 5.91 Å².